The van der Waals surface area contributed by atoms with Gasteiger partial charge in [0.25, 0.3) is 0 Å². The van der Waals surface area contributed by atoms with E-state index in [0.717, 1.165) is 20.1 Å². The van der Waals surface area contributed by atoms with E-state index in [2.05, 4.69) is 36.8 Å². The van der Waals surface area contributed by atoms with Gasteiger partial charge in [-0.05, 0) is 70.0 Å². The first-order valence-electron chi connectivity index (χ1n) is 10.1. The smallest absolute Gasteiger partial charge is 0.248 e. The molecule has 0 aliphatic carbocycles. The number of amides is 1. The standard InChI is InChI=1S/C13H16FNO.C7H13N.C4H8.CH4O/c1-9(2)4-7-13(16)15-11-6-5-10(3)12(14)8-11;1-4-7(3)6-8-5-2;1-3-4-2;1-2/h4-9H,1-3H3,(H,15,16);4-5H,6H2,1-3H3;3H,1,4H2,2H3;2H,1H3/b7-4+;7-4+,8-5?;;. The third-order valence-corrected chi connectivity index (χ3v) is 3.38. The van der Waals surface area contributed by atoms with Crippen LogP contribution in [0.1, 0.15) is 53.5 Å². The molecule has 0 saturated carbocycles. The van der Waals surface area contributed by atoms with E-state index in [1.165, 1.54) is 17.7 Å². The second-order valence-corrected chi connectivity index (χ2v) is 6.49. The third-order valence-electron chi connectivity index (χ3n) is 3.38. The van der Waals surface area contributed by atoms with Crippen molar-refractivity contribution in [2.75, 3.05) is 19.0 Å². The Bertz CT molecular complexity index is 663. The minimum absolute atomic E-state index is 0.239. The fourth-order valence-corrected chi connectivity index (χ4v) is 1.46. The number of aliphatic hydroxyl groups excluding tert-OH is 1. The van der Waals surface area contributed by atoms with Crippen molar-refractivity contribution in [2.24, 2.45) is 10.9 Å². The Morgan fingerprint density at radius 1 is 1.30 bits per heavy atom. The molecule has 0 aromatic heterocycles. The van der Waals surface area contributed by atoms with Crippen LogP contribution in [0.15, 0.2) is 59.6 Å². The molecular formula is C25H41FN2O2. The van der Waals surface area contributed by atoms with Crippen molar-refractivity contribution in [3.05, 3.63) is 66.0 Å². The first-order chi connectivity index (χ1) is 14.2. The van der Waals surface area contributed by atoms with E-state index in [1.807, 2.05) is 40.0 Å². The molecule has 1 amide bonds. The van der Waals surface area contributed by atoms with Gasteiger partial charge in [-0.15, -0.1) is 6.58 Å². The van der Waals surface area contributed by atoms with Gasteiger partial charge in [0, 0.05) is 12.8 Å². The van der Waals surface area contributed by atoms with Gasteiger partial charge in [0.05, 0.1) is 6.54 Å². The van der Waals surface area contributed by atoms with E-state index in [9.17, 15) is 9.18 Å². The van der Waals surface area contributed by atoms with E-state index >= 15 is 0 Å². The van der Waals surface area contributed by atoms with Crippen LogP contribution in [-0.2, 0) is 4.79 Å². The quantitative estimate of drug-likeness (QED) is 0.313. The second-order valence-electron chi connectivity index (χ2n) is 6.49. The summed E-state index contributed by atoms with van der Waals surface area (Å²) in [6.45, 7) is 18.1. The van der Waals surface area contributed by atoms with E-state index in [1.54, 1.807) is 25.1 Å². The average molecular weight is 421 g/mol. The number of nitrogens with zero attached hydrogens (tertiary/aromatic N) is 1. The molecule has 0 fully saturated rings. The predicted molar refractivity (Wildman–Crippen MR) is 131 cm³/mol. The largest absolute Gasteiger partial charge is 0.400 e. The predicted octanol–water partition coefficient (Wildman–Crippen LogP) is 6.52. The topological polar surface area (TPSA) is 61.7 Å². The van der Waals surface area contributed by atoms with Crippen LogP contribution < -0.4 is 5.32 Å². The fourth-order valence-electron chi connectivity index (χ4n) is 1.46. The lowest BCUT2D eigenvalue weighted by Crippen LogP contribution is -2.08. The highest BCUT2D eigenvalue weighted by Crippen LogP contribution is 2.13. The molecule has 1 aromatic carbocycles. The van der Waals surface area contributed by atoms with Crippen LogP contribution in [-0.4, -0.2) is 30.9 Å². The zero-order chi connectivity index (χ0) is 23.9. The number of benzene rings is 1. The number of aliphatic imine (C=N–C) groups is 1. The first kappa shape index (κ1) is 32.1. The molecule has 1 rings (SSSR count). The number of aliphatic hydroxyl groups is 1. The van der Waals surface area contributed by atoms with Crippen molar-refractivity contribution in [2.45, 2.75) is 54.9 Å². The maximum Gasteiger partial charge on any atom is 0.248 e. The second kappa shape index (κ2) is 22.8. The zero-order valence-electron chi connectivity index (χ0n) is 20.0. The molecule has 2 N–H and O–H groups in total. The SMILES string of the molecule is C=CCC.CC=NC/C(C)=C/C.CO.Cc1ccc(NC(=O)/C=C/C(C)C)cc1F. The highest BCUT2D eigenvalue weighted by atomic mass is 19.1. The van der Waals surface area contributed by atoms with Crippen LogP contribution in [0.25, 0.3) is 0 Å². The van der Waals surface area contributed by atoms with Crippen LogP contribution >= 0.6 is 0 Å². The number of anilines is 1. The third kappa shape index (κ3) is 21.8. The summed E-state index contributed by atoms with van der Waals surface area (Å²) < 4.78 is 13.2. The maximum absolute atomic E-state index is 13.2. The van der Waals surface area contributed by atoms with Gasteiger partial charge in [-0.3, -0.25) is 9.79 Å². The van der Waals surface area contributed by atoms with E-state index in [-0.39, 0.29) is 11.7 Å². The first-order valence-corrected chi connectivity index (χ1v) is 10.1. The molecular weight excluding hydrogens is 379 g/mol. The van der Waals surface area contributed by atoms with Crippen molar-refractivity contribution in [3.63, 3.8) is 0 Å². The molecule has 1 aromatic rings. The highest BCUT2D eigenvalue weighted by molar-refractivity contribution is 5.99. The molecule has 0 heterocycles. The van der Waals surface area contributed by atoms with Gasteiger partial charge in [-0.25, -0.2) is 4.39 Å². The molecule has 0 aliphatic rings. The van der Waals surface area contributed by atoms with Crippen LogP contribution in [0.2, 0.25) is 0 Å². The number of hydrogen-bond acceptors (Lipinski definition) is 3. The molecule has 0 saturated heterocycles. The summed E-state index contributed by atoms with van der Waals surface area (Å²) in [5.41, 5.74) is 2.36. The fraction of sp³-hybridized carbons (Fsp3) is 0.440. The average Bonchev–Trinajstić information content (AvgIpc) is 2.75. The molecule has 5 heteroatoms. The lowest BCUT2D eigenvalue weighted by atomic mass is 10.2. The Morgan fingerprint density at radius 2 is 1.87 bits per heavy atom. The van der Waals surface area contributed by atoms with Gasteiger partial charge in [-0.2, -0.15) is 0 Å². The van der Waals surface area contributed by atoms with Crippen molar-refractivity contribution >= 4 is 17.8 Å². The van der Waals surface area contributed by atoms with Crippen molar-refractivity contribution in [1.82, 2.24) is 0 Å². The van der Waals surface area contributed by atoms with E-state index in [4.69, 9.17) is 5.11 Å². The molecule has 0 radical (unpaired) electrons. The van der Waals surface area contributed by atoms with Crippen LogP contribution in [0.4, 0.5) is 10.1 Å². The van der Waals surface area contributed by atoms with E-state index < -0.39 is 0 Å². The van der Waals surface area contributed by atoms with Crippen molar-refractivity contribution < 1.29 is 14.3 Å². The van der Waals surface area contributed by atoms with Crippen LogP contribution in [0.3, 0.4) is 0 Å². The molecule has 0 spiro atoms. The molecule has 4 nitrogen and oxygen atoms in total. The summed E-state index contributed by atoms with van der Waals surface area (Å²) in [7, 11) is 1.00. The molecule has 0 aliphatic heterocycles. The number of carbonyl (C=O) groups is 1. The van der Waals surface area contributed by atoms with Crippen molar-refractivity contribution in [1.29, 1.82) is 0 Å². The number of rotatable bonds is 6. The summed E-state index contributed by atoms with van der Waals surface area (Å²) in [6, 6.07) is 4.63. The Kier molecular flexibility index (Phi) is 24.4. The number of nitrogens with one attached hydrogen (secondary N) is 1. The number of halogens is 1. The van der Waals surface area contributed by atoms with Gasteiger partial charge in [0.1, 0.15) is 5.82 Å². The van der Waals surface area contributed by atoms with E-state index in [0.29, 0.717) is 17.2 Å². The summed E-state index contributed by atoms with van der Waals surface area (Å²) >= 11 is 0. The Morgan fingerprint density at radius 3 is 2.27 bits per heavy atom. The normalized spacial score (nSPS) is 10.4. The highest BCUT2D eigenvalue weighted by Gasteiger charge is 2.01. The summed E-state index contributed by atoms with van der Waals surface area (Å²) in [5.74, 6) is -0.233. The van der Waals surface area contributed by atoms with Gasteiger partial charge in [-0.1, -0.05) is 50.6 Å². The zero-order valence-corrected chi connectivity index (χ0v) is 20.0. The molecule has 0 unspecified atom stereocenters. The minimum Gasteiger partial charge on any atom is -0.400 e. The van der Waals surface area contributed by atoms with Crippen LogP contribution in [0.5, 0.6) is 0 Å². The molecule has 30 heavy (non-hydrogen) atoms. The molecule has 0 atom stereocenters. The Hall–Kier alpha value is -2.53. The molecule has 0 bridgehead atoms. The van der Waals surface area contributed by atoms with Crippen LogP contribution in [0, 0.1) is 18.7 Å². The molecule has 170 valence electrons. The minimum atomic E-state index is -0.314. The van der Waals surface area contributed by atoms with Gasteiger partial charge in [0.2, 0.25) is 5.91 Å². The Labute approximate surface area is 183 Å². The maximum atomic E-state index is 13.2. The number of aryl methyl sites for hydroxylation is 1. The summed E-state index contributed by atoms with van der Waals surface area (Å²) in [4.78, 5) is 15.4. The summed E-state index contributed by atoms with van der Waals surface area (Å²) in [6.07, 6.45) is 10.1. The Balaban J connectivity index is -0.000000435. The number of allylic oxidation sites excluding steroid dienone is 3. The van der Waals surface area contributed by atoms with Crippen molar-refractivity contribution in [3.8, 4) is 0 Å². The van der Waals surface area contributed by atoms with Gasteiger partial charge >= 0.3 is 0 Å². The summed E-state index contributed by atoms with van der Waals surface area (Å²) in [5, 5.41) is 9.60. The lowest BCUT2D eigenvalue weighted by Gasteiger charge is -2.03. The number of carbonyl (C=O) groups excluding carboxylic acids is 1. The monoisotopic (exact) mass is 420 g/mol. The number of hydrogen-bond donors (Lipinski definition) is 2. The van der Waals surface area contributed by atoms with Gasteiger partial charge in [0.15, 0.2) is 0 Å². The van der Waals surface area contributed by atoms with Gasteiger partial charge < -0.3 is 10.4 Å². The lowest BCUT2D eigenvalue weighted by molar-refractivity contribution is -0.111.